The predicted molar refractivity (Wildman–Crippen MR) is 117 cm³/mol. The molecule has 3 N–H and O–H groups in total. The Labute approximate surface area is 178 Å². The summed E-state index contributed by atoms with van der Waals surface area (Å²) in [6, 6.07) is 10.9. The lowest BCUT2D eigenvalue weighted by Crippen LogP contribution is -2.00. The SMILES string of the molecule is COc1ccc(Nc2nc3nccc(-c4cc(OC)c(OC)c(OC)c4)n3n2)cc1N. The number of benzene rings is 2. The quantitative estimate of drug-likeness (QED) is 0.433. The standard InChI is InChI=1S/C21H22N6O4/c1-28-16-6-5-13(11-14(16)22)24-20-25-21-23-8-7-15(27(21)26-20)12-9-17(29-2)19(31-4)18(10-12)30-3/h5-11H,22H2,1-4H3,(H,24,26). The summed E-state index contributed by atoms with van der Waals surface area (Å²) in [6.45, 7) is 0. The minimum absolute atomic E-state index is 0.372. The second-order valence-corrected chi connectivity index (χ2v) is 6.47. The fourth-order valence-corrected chi connectivity index (χ4v) is 3.24. The van der Waals surface area contributed by atoms with Gasteiger partial charge in [0.1, 0.15) is 5.75 Å². The van der Waals surface area contributed by atoms with E-state index in [-0.39, 0.29) is 0 Å². The number of nitrogen functional groups attached to an aromatic ring is 1. The van der Waals surface area contributed by atoms with Crippen LogP contribution in [0.25, 0.3) is 17.0 Å². The maximum atomic E-state index is 5.98. The normalized spacial score (nSPS) is 10.7. The van der Waals surface area contributed by atoms with Crippen LogP contribution in [0.4, 0.5) is 17.3 Å². The van der Waals surface area contributed by atoms with Gasteiger partial charge in [0, 0.05) is 17.4 Å². The van der Waals surface area contributed by atoms with Crippen LogP contribution in [0.3, 0.4) is 0 Å². The molecule has 0 atom stereocenters. The van der Waals surface area contributed by atoms with E-state index >= 15 is 0 Å². The van der Waals surface area contributed by atoms with Gasteiger partial charge in [0.25, 0.3) is 5.78 Å². The highest BCUT2D eigenvalue weighted by Crippen LogP contribution is 2.41. The molecule has 0 aliphatic heterocycles. The molecule has 0 aliphatic rings. The van der Waals surface area contributed by atoms with E-state index in [0.717, 1.165) is 16.9 Å². The fraction of sp³-hybridized carbons (Fsp3) is 0.190. The molecular weight excluding hydrogens is 400 g/mol. The molecule has 160 valence electrons. The summed E-state index contributed by atoms with van der Waals surface area (Å²) in [5.74, 6) is 2.98. The Kier molecular flexibility index (Phi) is 5.35. The summed E-state index contributed by atoms with van der Waals surface area (Å²) in [4.78, 5) is 8.77. The monoisotopic (exact) mass is 422 g/mol. The van der Waals surface area contributed by atoms with Gasteiger partial charge in [-0.3, -0.25) is 0 Å². The Morgan fingerprint density at radius 1 is 0.871 bits per heavy atom. The topological polar surface area (TPSA) is 118 Å². The van der Waals surface area contributed by atoms with Gasteiger partial charge in [-0.15, -0.1) is 5.10 Å². The highest BCUT2D eigenvalue weighted by molar-refractivity contribution is 5.70. The van der Waals surface area contributed by atoms with Crippen molar-refractivity contribution in [1.29, 1.82) is 0 Å². The van der Waals surface area contributed by atoms with Crippen LogP contribution < -0.4 is 30.0 Å². The Balaban J connectivity index is 1.76. The molecule has 0 spiro atoms. The number of hydrogen-bond acceptors (Lipinski definition) is 9. The highest BCUT2D eigenvalue weighted by atomic mass is 16.5. The summed E-state index contributed by atoms with van der Waals surface area (Å²) in [6.07, 6.45) is 1.66. The molecule has 31 heavy (non-hydrogen) atoms. The van der Waals surface area contributed by atoms with E-state index in [9.17, 15) is 0 Å². The molecule has 0 bridgehead atoms. The van der Waals surface area contributed by atoms with Gasteiger partial charge in [-0.2, -0.15) is 9.50 Å². The third-order valence-corrected chi connectivity index (χ3v) is 4.69. The third kappa shape index (κ3) is 3.70. The van der Waals surface area contributed by atoms with Crippen LogP contribution in [0.2, 0.25) is 0 Å². The summed E-state index contributed by atoms with van der Waals surface area (Å²) >= 11 is 0. The number of anilines is 3. The second kappa shape index (κ2) is 8.27. The van der Waals surface area contributed by atoms with E-state index in [4.69, 9.17) is 24.7 Å². The molecular formula is C21H22N6O4. The molecule has 0 saturated carbocycles. The summed E-state index contributed by atoms with van der Waals surface area (Å²) < 4.78 is 23.2. The first-order valence-corrected chi connectivity index (χ1v) is 9.30. The van der Waals surface area contributed by atoms with Crippen molar-refractivity contribution in [3.63, 3.8) is 0 Å². The van der Waals surface area contributed by atoms with E-state index in [1.54, 1.807) is 51.3 Å². The number of ether oxygens (including phenoxy) is 4. The smallest absolute Gasteiger partial charge is 0.254 e. The maximum Gasteiger partial charge on any atom is 0.254 e. The van der Waals surface area contributed by atoms with Crippen LogP contribution in [-0.4, -0.2) is 48.0 Å². The zero-order valence-corrected chi connectivity index (χ0v) is 17.5. The number of aromatic nitrogens is 4. The van der Waals surface area contributed by atoms with Crippen LogP contribution in [0.1, 0.15) is 0 Å². The fourth-order valence-electron chi connectivity index (χ4n) is 3.24. The van der Waals surface area contributed by atoms with E-state index in [0.29, 0.717) is 40.4 Å². The number of methoxy groups -OCH3 is 4. The van der Waals surface area contributed by atoms with Crippen molar-refractivity contribution in [2.45, 2.75) is 0 Å². The van der Waals surface area contributed by atoms with Crippen molar-refractivity contribution >= 4 is 23.1 Å². The van der Waals surface area contributed by atoms with Crippen LogP contribution in [-0.2, 0) is 0 Å². The Morgan fingerprint density at radius 2 is 1.58 bits per heavy atom. The van der Waals surface area contributed by atoms with Gasteiger partial charge < -0.3 is 30.0 Å². The van der Waals surface area contributed by atoms with Crippen LogP contribution in [0.5, 0.6) is 23.0 Å². The van der Waals surface area contributed by atoms with E-state index in [1.165, 1.54) is 0 Å². The lowest BCUT2D eigenvalue weighted by molar-refractivity contribution is 0.324. The van der Waals surface area contributed by atoms with Gasteiger partial charge in [0.05, 0.1) is 39.8 Å². The van der Waals surface area contributed by atoms with Gasteiger partial charge in [0.2, 0.25) is 11.7 Å². The van der Waals surface area contributed by atoms with Gasteiger partial charge in [-0.05, 0) is 36.4 Å². The van der Waals surface area contributed by atoms with E-state index < -0.39 is 0 Å². The molecule has 0 unspecified atom stereocenters. The van der Waals surface area contributed by atoms with Gasteiger partial charge in [-0.1, -0.05) is 0 Å². The van der Waals surface area contributed by atoms with Crippen molar-refractivity contribution in [2.75, 3.05) is 39.5 Å². The van der Waals surface area contributed by atoms with Crippen molar-refractivity contribution < 1.29 is 18.9 Å². The molecule has 2 aromatic heterocycles. The number of nitrogens with one attached hydrogen (secondary N) is 1. The summed E-state index contributed by atoms with van der Waals surface area (Å²) in [7, 11) is 6.27. The number of nitrogens with zero attached hydrogens (tertiary/aromatic N) is 4. The molecule has 0 fully saturated rings. The molecule has 0 saturated heterocycles. The average Bonchev–Trinajstić information content (AvgIpc) is 3.20. The van der Waals surface area contributed by atoms with Crippen LogP contribution in [0.15, 0.2) is 42.6 Å². The number of fused-ring (bicyclic) bond motifs is 1. The number of rotatable bonds is 7. The molecule has 0 amide bonds. The molecule has 4 rings (SSSR count). The van der Waals surface area contributed by atoms with Crippen LogP contribution in [0, 0.1) is 0 Å². The van der Waals surface area contributed by atoms with Crippen LogP contribution >= 0.6 is 0 Å². The maximum absolute atomic E-state index is 5.98. The van der Waals surface area contributed by atoms with E-state index in [1.807, 2.05) is 24.3 Å². The van der Waals surface area contributed by atoms with Crippen molar-refractivity contribution in [3.8, 4) is 34.3 Å². The Bertz CT molecular complexity index is 1210. The summed E-state index contributed by atoms with van der Waals surface area (Å²) in [5, 5.41) is 7.70. The molecule has 10 heteroatoms. The first-order valence-electron chi connectivity index (χ1n) is 9.30. The predicted octanol–water partition coefficient (Wildman–Crippen LogP) is 3.15. The lowest BCUT2D eigenvalue weighted by Gasteiger charge is -2.14. The first-order chi connectivity index (χ1) is 15.1. The van der Waals surface area contributed by atoms with Gasteiger partial charge in [0.15, 0.2) is 11.5 Å². The number of hydrogen-bond donors (Lipinski definition) is 2. The Morgan fingerprint density at radius 3 is 2.19 bits per heavy atom. The molecule has 2 heterocycles. The lowest BCUT2D eigenvalue weighted by atomic mass is 10.1. The zero-order valence-electron chi connectivity index (χ0n) is 17.5. The largest absolute Gasteiger partial charge is 0.495 e. The van der Waals surface area contributed by atoms with Gasteiger partial charge in [-0.25, -0.2) is 4.98 Å². The second-order valence-electron chi connectivity index (χ2n) is 6.47. The van der Waals surface area contributed by atoms with Crippen molar-refractivity contribution in [2.24, 2.45) is 0 Å². The number of nitrogens with two attached hydrogens (primary N) is 1. The molecule has 0 radical (unpaired) electrons. The van der Waals surface area contributed by atoms with E-state index in [2.05, 4.69) is 20.4 Å². The minimum atomic E-state index is 0.372. The van der Waals surface area contributed by atoms with Crippen molar-refractivity contribution in [1.82, 2.24) is 19.6 Å². The molecule has 10 nitrogen and oxygen atoms in total. The molecule has 4 aromatic rings. The first kappa shape index (κ1) is 20.1. The van der Waals surface area contributed by atoms with Gasteiger partial charge >= 0.3 is 0 Å². The third-order valence-electron chi connectivity index (χ3n) is 4.69. The minimum Gasteiger partial charge on any atom is -0.495 e. The Hall–Kier alpha value is -4.21. The molecule has 0 aliphatic carbocycles. The average molecular weight is 422 g/mol. The molecule has 2 aromatic carbocycles. The zero-order chi connectivity index (χ0) is 22.0. The summed E-state index contributed by atoms with van der Waals surface area (Å²) in [5.41, 5.74) is 8.76. The highest BCUT2D eigenvalue weighted by Gasteiger charge is 2.17. The van der Waals surface area contributed by atoms with Crippen molar-refractivity contribution in [3.05, 3.63) is 42.6 Å².